The van der Waals surface area contributed by atoms with Crippen molar-refractivity contribution in [1.29, 1.82) is 0 Å². The van der Waals surface area contributed by atoms with Crippen LogP contribution in [-0.2, 0) is 24.1 Å². The van der Waals surface area contributed by atoms with Gasteiger partial charge in [0.15, 0.2) is 5.82 Å². The smallest absolute Gasteiger partial charge is 0.311 e. The first-order chi connectivity index (χ1) is 9.61. The van der Waals surface area contributed by atoms with Gasteiger partial charge in [-0.25, -0.2) is 15.0 Å². The summed E-state index contributed by atoms with van der Waals surface area (Å²) < 4.78 is 0. The number of rotatable bonds is 3. The fourth-order valence-corrected chi connectivity index (χ4v) is 2.59. The molecule has 0 radical (unpaired) electrons. The van der Waals surface area contributed by atoms with E-state index in [2.05, 4.69) is 27.1 Å². The first-order valence-electron chi connectivity index (χ1n) is 6.67. The predicted molar refractivity (Wildman–Crippen MR) is 73.4 cm³/mol. The minimum atomic E-state index is -0.935. The van der Waals surface area contributed by atoms with E-state index in [1.165, 1.54) is 17.5 Å². The molecule has 0 unspecified atom stereocenters. The van der Waals surface area contributed by atoms with E-state index in [0.29, 0.717) is 17.5 Å². The summed E-state index contributed by atoms with van der Waals surface area (Å²) in [6.45, 7) is 1.75. The summed E-state index contributed by atoms with van der Waals surface area (Å²) in [7, 11) is 0. The van der Waals surface area contributed by atoms with Crippen LogP contribution in [0.3, 0.4) is 0 Å². The lowest BCUT2D eigenvalue weighted by molar-refractivity contribution is -0.136. The first kappa shape index (κ1) is 12.7. The van der Waals surface area contributed by atoms with Crippen molar-refractivity contribution in [2.45, 2.75) is 32.6 Å². The molecule has 0 bridgehead atoms. The third kappa shape index (κ3) is 2.52. The van der Waals surface area contributed by atoms with Crippen molar-refractivity contribution < 1.29 is 9.90 Å². The van der Waals surface area contributed by atoms with Gasteiger partial charge in [-0.15, -0.1) is 0 Å². The molecule has 3 rings (SSSR count). The van der Waals surface area contributed by atoms with E-state index in [9.17, 15) is 4.79 Å². The average Bonchev–Trinajstić information content (AvgIpc) is 2.84. The molecule has 1 aromatic heterocycles. The molecule has 1 aliphatic carbocycles. The van der Waals surface area contributed by atoms with Crippen molar-refractivity contribution in [3.63, 3.8) is 0 Å². The number of nitrogens with zero attached hydrogens (tertiary/aromatic N) is 3. The zero-order valence-corrected chi connectivity index (χ0v) is 11.3. The average molecular weight is 269 g/mol. The Morgan fingerprint density at radius 1 is 1.20 bits per heavy atom. The molecule has 102 valence electrons. The number of fused-ring (bicyclic) bond motifs is 1. The van der Waals surface area contributed by atoms with Crippen LogP contribution in [0.25, 0.3) is 11.4 Å². The Hall–Kier alpha value is -2.30. The summed E-state index contributed by atoms with van der Waals surface area (Å²) in [5.41, 5.74) is 3.67. The first-order valence-corrected chi connectivity index (χ1v) is 6.67. The quantitative estimate of drug-likeness (QED) is 0.921. The van der Waals surface area contributed by atoms with Gasteiger partial charge < -0.3 is 5.11 Å². The molecular weight excluding hydrogens is 254 g/mol. The number of hydrogen-bond donors (Lipinski definition) is 1. The normalized spacial score (nSPS) is 13.2. The second kappa shape index (κ2) is 5.00. The Morgan fingerprint density at radius 2 is 2.00 bits per heavy atom. The van der Waals surface area contributed by atoms with Gasteiger partial charge in [0.2, 0.25) is 0 Å². The molecule has 20 heavy (non-hydrogen) atoms. The fraction of sp³-hybridized carbons (Fsp3) is 0.333. The zero-order chi connectivity index (χ0) is 14.1. The topological polar surface area (TPSA) is 76.0 Å². The number of benzene rings is 1. The summed E-state index contributed by atoms with van der Waals surface area (Å²) >= 11 is 0. The standard InChI is InChI=1S/C15H15N3O2/c1-9-16-13(8-14(19)20)18-15(17-9)12-6-5-10-3-2-4-11(10)7-12/h5-7H,2-4,8H2,1H3,(H,19,20). The van der Waals surface area contributed by atoms with E-state index in [-0.39, 0.29) is 6.42 Å². The molecule has 0 saturated heterocycles. The van der Waals surface area contributed by atoms with E-state index in [1.54, 1.807) is 6.92 Å². The number of aliphatic carboxylic acids is 1. The van der Waals surface area contributed by atoms with E-state index in [0.717, 1.165) is 18.4 Å². The second-order valence-electron chi connectivity index (χ2n) is 5.03. The summed E-state index contributed by atoms with van der Waals surface area (Å²) in [6.07, 6.45) is 3.24. The molecule has 0 fully saturated rings. The maximum Gasteiger partial charge on any atom is 0.311 e. The lowest BCUT2D eigenvalue weighted by Gasteiger charge is -2.06. The van der Waals surface area contributed by atoms with Gasteiger partial charge in [-0.05, 0) is 43.4 Å². The minimum Gasteiger partial charge on any atom is -0.481 e. The summed E-state index contributed by atoms with van der Waals surface area (Å²) in [5, 5.41) is 8.85. The Bertz CT molecular complexity index is 683. The molecule has 1 heterocycles. The SMILES string of the molecule is Cc1nc(CC(=O)O)nc(-c2ccc3c(c2)CCC3)n1. The van der Waals surface area contributed by atoms with Crippen molar-refractivity contribution in [3.05, 3.63) is 41.0 Å². The number of hydrogen-bond acceptors (Lipinski definition) is 4. The van der Waals surface area contributed by atoms with Gasteiger partial charge in [-0.1, -0.05) is 12.1 Å². The van der Waals surface area contributed by atoms with Crippen LogP contribution in [0.15, 0.2) is 18.2 Å². The number of aryl methyl sites for hydroxylation is 3. The van der Waals surface area contributed by atoms with Crippen LogP contribution in [0.2, 0.25) is 0 Å². The van der Waals surface area contributed by atoms with Gasteiger partial charge in [0, 0.05) is 5.56 Å². The Kier molecular flexibility index (Phi) is 3.18. The van der Waals surface area contributed by atoms with E-state index >= 15 is 0 Å². The Balaban J connectivity index is 2.01. The van der Waals surface area contributed by atoms with Crippen LogP contribution in [0, 0.1) is 6.92 Å². The number of carboxylic acids is 1. The lowest BCUT2D eigenvalue weighted by Crippen LogP contribution is -2.08. The van der Waals surface area contributed by atoms with Gasteiger partial charge in [-0.3, -0.25) is 4.79 Å². The lowest BCUT2D eigenvalue weighted by atomic mass is 10.1. The van der Waals surface area contributed by atoms with Crippen molar-refractivity contribution in [3.8, 4) is 11.4 Å². The largest absolute Gasteiger partial charge is 0.481 e. The molecule has 0 amide bonds. The molecular formula is C15H15N3O2. The van der Waals surface area contributed by atoms with Crippen LogP contribution < -0.4 is 0 Å². The number of carbonyl (C=O) groups is 1. The predicted octanol–water partition coefficient (Wildman–Crippen LogP) is 1.96. The third-order valence-electron chi connectivity index (χ3n) is 3.46. The Labute approximate surface area is 116 Å². The van der Waals surface area contributed by atoms with E-state index < -0.39 is 5.97 Å². The number of aromatic nitrogens is 3. The van der Waals surface area contributed by atoms with Crippen LogP contribution in [0.4, 0.5) is 0 Å². The second-order valence-corrected chi connectivity index (χ2v) is 5.03. The van der Waals surface area contributed by atoms with Crippen LogP contribution in [0.1, 0.15) is 29.2 Å². The summed E-state index contributed by atoms with van der Waals surface area (Å²) in [6, 6.07) is 6.23. The Morgan fingerprint density at radius 3 is 2.80 bits per heavy atom. The summed E-state index contributed by atoms with van der Waals surface area (Å²) in [5.74, 6) is 0.478. The van der Waals surface area contributed by atoms with Gasteiger partial charge in [0.05, 0.1) is 0 Å². The van der Waals surface area contributed by atoms with Crippen LogP contribution >= 0.6 is 0 Å². The van der Waals surface area contributed by atoms with Crippen molar-refractivity contribution >= 4 is 5.97 Å². The van der Waals surface area contributed by atoms with E-state index in [1.807, 2.05) is 6.07 Å². The number of carboxylic acid groups (broad SMARTS) is 1. The van der Waals surface area contributed by atoms with Crippen molar-refractivity contribution in [2.75, 3.05) is 0 Å². The van der Waals surface area contributed by atoms with Crippen LogP contribution in [0.5, 0.6) is 0 Å². The van der Waals surface area contributed by atoms with Gasteiger partial charge >= 0.3 is 5.97 Å². The highest BCUT2D eigenvalue weighted by molar-refractivity contribution is 5.69. The van der Waals surface area contributed by atoms with Gasteiger partial charge in [-0.2, -0.15) is 0 Å². The molecule has 1 N–H and O–H groups in total. The molecule has 0 saturated carbocycles. The minimum absolute atomic E-state index is 0.179. The molecule has 1 aliphatic rings. The highest BCUT2D eigenvalue weighted by Gasteiger charge is 2.14. The molecule has 0 atom stereocenters. The molecule has 5 heteroatoms. The third-order valence-corrected chi connectivity index (χ3v) is 3.46. The zero-order valence-electron chi connectivity index (χ0n) is 11.3. The van der Waals surface area contributed by atoms with Gasteiger partial charge in [0.25, 0.3) is 0 Å². The van der Waals surface area contributed by atoms with Crippen molar-refractivity contribution in [2.24, 2.45) is 0 Å². The van der Waals surface area contributed by atoms with E-state index in [4.69, 9.17) is 5.11 Å². The highest BCUT2D eigenvalue weighted by atomic mass is 16.4. The van der Waals surface area contributed by atoms with Crippen LogP contribution in [-0.4, -0.2) is 26.0 Å². The molecule has 5 nitrogen and oxygen atoms in total. The van der Waals surface area contributed by atoms with Crippen molar-refractivity contribution in [1.82, 2.24) is 15.0 Å². The van der Waals surface area contributed by atoms with Gasteiger partial charge in [0.1, 0.15) is 18.1 Å². The maximum absolute atomic E-state index is 10.8. The summed E-state index contributed by atoms with van der Waals surface area (Å²) in [4.78, 5) is 23.4. The molecule has 0 spiro atoms. The molecule has 1 aromatic carbocycles. The molecule has 0 aliphatic heterocycles. The monoisotopic (exact) mass is 269 g/mol. The molecule has 2 aromatic rings. The fourth-order valence-electron chi connectivity index (χ4n) is 2.59. The maximum atomic E-state index is 10.8. The highest BCUT2D eigenvalue weighted by Crippen LogP contribution is 2.26.